The number of carbonyl (C=O) groups is 1. The van der Waals surface area contributed by atoms with E-state index in [0.29, 0.717) is 5.92 Å². The molecule has 0 bridgehead atoms. The van der Waals surface area contributed by atoms with E-state index in [2.05, 4.69) is 10.6 Å². The first-order valence-corrected chi connectivity index (χ1v) is 4.43. The second-order valence-electron chi connectivity index (χ2n) is 3.06. The topological polar surface area (TPSA) is 41.1 Å². The van der Waals surface area contributed by atoms with Gasteiger partial charge in [0.1, 0.15) is 0 Å². The molecule has 0 aliphatic carbocycles. The van der Waals surface area contributed by atoms with Crippen molar-refractivity contribution in [3.63, 3.8) is 0 Å². The number of amides is 1. The van der Waals surface area contributed by atoms with Gasteiger partial charge in [-0.2, -0.15) is 0 Å². The van der Waals surface area contributed by atoms with Crippen molar-refractivity contribution >= 4 is 5.91 Å². The standard InChI is InChI=1S/C9H16N2O/c1-10-9(12)3-2-8-4-6-11-7-5-8/h2-3,8,11H,4-7H2,1H3,(H,10,12). The van der Waals surface area contributed by atoms with Crippen molar-refractivity contribution in [1.29, 1.82) is 0 Å². The monoisotopic (exact) mass is 168 g/mol. The zero-order valence-electron chi connectivity index (χ0n) is 7.47. The Morgan fingerprint density at radius 3 is 2.75 bits per heavy atom. The van der Waals surface area contributed by atoms with E-state index in [1.54, 1.807) is 13.1 Å². The Morgan fingerprint density at radius 2 is 2.17 bits per heavy atom. The van der Waals surface area contributed by atoms with E-state index in [4.69, 9.17) is 0 Å². The number of allylic oxidation sites excluding steroid dienone is 1. The summed E-state index contributed by atoms with van der Waals surface area (Å²) in [6.07, 6.45) is 5.94. The molecule has 2 N–H and O–H groups in total. The third-order valence-electron chi connectivity index (χ3n) is 2.15. The van der Waals surface area contributed by atoms with Gasteiger partial charge in [-0.25, -0.2) is 0 Å². The average molecular weight is 168 g/mol. The van der Waals surface area contributed by atoms with Crippen LogP contribution in [0.2, 0.25) is 0 Å². The first-order chi connectivity index (χ1) is 5.83. The number of rotatable bonds is 2. The van der Waals surface area contributed by atoms with Crippen LogP contribution < -0.4 is 10.6 Å². The summed E-state index contributed by atoms with van der Waals surface area (Å²) >= 11 is 0. The van der Waals surface area contributed by atoms with Crippen LogP contribution in [0.4, 0.5) is 0 Å². The molecule has 1 rings (SSSR count). The molecule has 0 radical (unpaired) electrons. The van der Waals surface area contributed by atoms with Gasteiger partial charge in [-0.15, -0.1) is 0 Å². The maximum atomic E-state index is 10.8. The number of carbonyl (C=O) groups excluding carboxylic acids is 1. The van der Waals surface area contributed by atoms with Crippen LogP contribution in [0.1, 0.15) is 12.8 Å². The Balaban J connectivity index is 2.28. The number of hydrogen-bond acceptors (Lipinski definition) is 2. The zero-order chi connectivity index (χ0) is 8.81. The second-order valence-corrected chi connectivity index (χ2v) is 3.06. The summed E-state index contributed by atoms with van der Waals surface area (Å²) in [5.74, 6) is 0.581. The minimum absolute atomic E-state index is 0.00599. The molecular weight excluding hydrogens is 152 g/mol. The van der Waals surface area contributed by atoms with Crippen molar-refractivity contribution in [3.8, 4) is 0 Å². The highest BCUT2D eigenvalue weighted by Gasteiger charge is 2.09. The minimum Gasteiger partial charge on any atom is -0.356 e. The van der Waals surface area contributed by atoms with Gasteiger partial charge in [0.2, 0.25) is 5.91 Å². The smallest absolute Gasteiger partial charge is 0.243 e. The fourth-order valence-corrected chi connectivity index (χ4v) is 1.34. The molecule has 0 atom stereocenters. The van der Waals surface area contributed by atoms with Crippen molar-refractivity contribution in [2.24, 2.45) is 5.92 Å². The summed E-state index contributed by atoms with van der Waals surface area (Å²) in [6, 6.07) is 0. The Labute approximate surface area is 73.2 Å². The molecule has 0 unspecified atom stereocenters. The lowest BCUT2D eigenvalue weighted by molar-refractivity contribution is -0.116. The molecule has 0 spiro atoms. The summed E-state index contributed by atoms with van der Waals surface area (Å²) in [6.45, 7) is 2.14. The van der Waals surface area contributed by atoms with Gasteiger partial charge in [0.05, 0.1) is 0 Å². The number of piperidine rings is 1. The number of likely N-dealkylation sites (N-methyl/N-ethyl adjacent to an activating group) is 1. The maximum absolute atomic E-state index is 10.8. The van der Waals surface area contributed by atoms with Crippen LogP contribution in [0.5, 0.6) is 0 Å². The van der Waals surface area contributed by atoms with Crippen molar-refractivity contribution in [1.82, 2.24) is 10.6 Å². The predicted octanol–water partition coefficient (Wildman–Crippen LogP) is 0.288. The van der Waals surface area contributed by atoms with E-state index >= 15 is 0 Å². The molecule has 0 saturated carbocycles. The Kier molecular flexibility index (Phi) is 3.80. The molecule has 3 nitrogen and oxygen atoms in total. The zero-order valence-corrected chi connectivity index (χ0v) is 7.47. The Bertz CT molecular complexity index is 171. The summed E-state index contributed by atoms with van der Waals surface area (Å²) in [5.41, 5.74) is 0. The van der Waals surface area contributed by atoms with Gasteiger partial charge in [0.25, 0.3) is 0 Å². The Morgan fingerprint density at radius 1 is 1.50 bits per heavy atom. The maximum Gasteiger partial charge on any atom is 0.243 e. The Hall–Kier alpha value is -0.830. The first kappa shape index (κ1) is 9.26. The molecule has 3 heteroatoms. The fraction of sp³-hybridized carbons (Fsp3) is 0.667. The predicted molar refractivity (Wildman–Crippen MR) is 48.8 cm³/mol. The third-order valence-corrected chi connectivity index (χ3v) is 2.15. The molecule has 12 heavy (non-hydrogen) atoms. The molecule has 1 fully saturated rings. The highest BCUT2D eigenvalue weighted by Crippen LogP contribution is 2.12. The van der Waals surface area contributed by atoms with Gasteiger partial charge in [-0.1, -0.05) is 6.08 Å². The highest BCUT2D eigenvalue weighted by atomic mass is 16.1. The van der Waals surface area contributed by atoms with E-state index in [1.807, 2.05) is 6.08 Å². The first-order valence-electron chi connectivity index (χ1n) is 4.43. The van der Waals surface area contributed by atoms with Gasteiger partial charge in [0, 0.05) is 7.05 Å². The van der Waals surface area contributed by atoms with E-state index in [-0.39, 0.29) is 5.91 Å². The molecule has 1 amide bonds. The average Bonchev–Trinajstić information content (AvgIpc) is 2.16. The molecule has 0 aromatic carbocycles. The van der Waals surface area contributed by atoms with Crippen LogP contribution in [0.25, 0.3) is 0 Å². The van der Waals surface area contributed by atoms with Crippen LogP contribution >= 0.6 is 0 Å². The normalized spacial score (nSPS) is 19.8. The largest absolute Gasteiger partial charge is 0.356 e. The van der Waals surface area contributed by atoms with Gasteiger partial charge in [-0.05, 0) is 37.9 Å². The van der Waals surface area contributed by atoms with Crippen molar-refractivity contribution in [2.75, 3.05) is 20.1 Å². The molecule has 1 aliphatic heterocycles. The fourth-order valence-electron chi connectivity index (χ4n) is 1.34. The van der Waals surface area contributed by atoms with E-state index in [1.165, 1.54) is 0 Å². The minimum atomic E-state index is -0.00599. The summed E-state index contributed by atoms with van der Waals surface area (Å²) in [7, 11) is 1.65. The van der Waals surface area contributed by atoms with E-state index in [9.17, 15) is 4.79 Å². The SMILES string of the molecule is CNC(=O)C=CC1CCNCC1. The number of hydrogen-bond donors (Lipinski definition) is 2. The summed E-state index contributed by atoms with van der Waals surface area (Å²) in [5, 5.41) is 5.85. The molecule has 68 valence electrons. The van der Waals surface area contributed by atoms with Crippen LogP contribution in [0.3, 0.4) is 0 Å². The molecule has 1 heterocycles. The van der Waals surface area contributed by atoms with Crippen molar-refractivity contribution in [2.45, 2.75) is 12.8 Å². The van der Waals surface area contributed by atoms with Crippen LogP contribution in [-0.2, 0) is 4.79 Å². The summed E-state index contributed by atoms with van der Waals surface area (Å²) in [4.78, 5) is 10.8. The van der Waals surface area contributed by atoms with Crippen LogP contribution in [0, 0.1) is 5.92 Å². The van der Waals surface area contributed by atoms with Crippen molar-refractivity contribution in [3.05, 3.63) is 12.2 Å². The van der Waals surface area contributed by atoms with E-state index in [0.717, 1.165) is 25.9 Å². The molecule has 1 aliphatic rings. The lowest BCUT2D eigenvalue weighted by Gasteiger charge is -2.18. The molecular formula is C9H16N2O. The van der Waals surface area contributed by atoms with Gasteiger partial charge >= 0.3 is 0 Å². The van der Waals surface area contributed by atoms with Gasteiger partial charge in [0.15, 0.2) is 0 Å². The molecule has 0 aromatic rings. The second kappa shape index (κ2) is 4.93. The van der Waals surface area contributed by atoms with Crippen molar-refractivity contribution < 1.29 is 4.79 Å². The van der Waals surface area contributed by atoms with Gasteiger partial charge < -0.3 is 10.6 Å². The quantitative estimate of drug-likeness (QED) is 0.582. The van der Waals surface area contributed by atoms with Gasteiger partial charge in [-0.3, -0.25) is 4.79 Å². The summed E-state index contributed by atoms with van der Waals surface area (Å²) < 4.78 is 0. The molecule has 0 aromatic heterocycles. The number of nitrogens with one attached hydrogen (secondary N) is 2. The van der Waals surface area contributed by atoms with Crippen LogP contribution in [-0.4, -0.2) is 26.0 Å². The van der Waals surface area contributed by atoms with Crippen LogP contribution in [0.15, 0.2) is 12.2 Å². The highest BCUT2D eigenvalue weighted by molar-refractivity contribution is 5.87. The lowest BCUT2D eigenvalue weighted by Crippen LogP contribution is -2.27. The third kappa shape index (κ3) is 3.05. The molecule has 1 saturated heterocycles. The lowest BCUT2D eigenvalue weighted by atomic mass is 9.98. The van der Waals surface area contributed by atoms with E-state index < -0.39 is 0 Å².